The van der Waals surface area contributed by atoms with Gasteiger partial charge < -0.3 is 30.0 Å². The Morgan fingerprint density at radius 1 is 0.604 bits per heavy atom. The highest BCUT2D eigenvalue weighted by Crippen LogP contribution is 2.38. The number of rotatable bonds is 13. The normalized spacial score (nSPS) is 16.9. The fourth-order valence-electron chi connectivity index (χ4n) is 6.44. The highest BCUT2D eigenvalue weighted by atomic mass is 16.7. The second-order valence-corrected chi connectivity index (χ2v) is 13.1. The van der Waals surface area contributed by atoms with Crippen molar-refractivity contribution in [2.24, 2.45) is 0 Å². The number of nitrogens with one attached hydrogen (secondary N) is 2. The molecule has 0 spiro atoms. The van der Waals surface area contributed by atoms with Gasteiger partial charge in [-0.3, -0.25) is 4.90 Å². The van der Waals surface area contributed by atoms with Gasteiger partial charge in [0.05, 0.1) is 18.8 Å². The summed E-state index contributed by atoms with van der Waals surface area (Å²) in [6, 6.07) is 52.9. The number of hydrogen-bond acceptors (Lipinski definition) is 6. The van der Waals surface area contributed by atoms with E-state index in [4.69, 9.17) is 14.2 Å². The van der Waals surface area contributed by atoms with Crippen LogP contribution in [-0.2, 0) is 29.2 Å². The number of urea groups is 1. The lowest BCUT2D eigenvalue weighted by molar-refractivity contribution is -0.253. The van der Waals surface area contributed by atoms with Crippen molar-refractivity contribution >= 4 is 17.4 Å². The number of nitrogens with zero attached hydrogens (tertiary/aromatic N) is 1. The van der Waals surface area contributed by atoms with Crippen LogP contribution in [0.2, 0.25) is 0 Å². The molecule has 0 unspecified atom stereocenters. The van der Waals surface area contributed by atoms with Crippen LogP contribution in [0.4, 0.5) is 16.2 Å². The molecule has 6 aromatic carbocycles. The minimum Gasteiger partial charge on any atom is -0.457 e. The molecule has 0 aliphatic carbocycles. The molecular weight excluding hydrogens is 663 g/mol. The maximum atomic E-state index is 12.9. The van der Waals surface area contributed by atoms with Crippen LogP contribution in [0.5, 0.6) is 11.5 Å². The van der Waals surface area contributed by atoms with Crippen molar-refractivity contribution < 1.29 is 24.1 Å². The van der Waals surface area contributed by atoms with E-state index in [-0.39, 0.29) is 24.8 Å². The largest absolute Gasteiger partial charge is 0.457 e. The SMILES string of the molecule is O=C(Nc1ccc(Oc2ccccc2)cc1)Nc1ccc([C@@H]2O[C@H](CN(Cc3ccccc3)Cc3ccccc3)C[C@H](c3ccc(CO)cc3)O2)cc1. The second-order valence-electron chi connectivity index (χ2n) is 13.1. The Morgan fingerprint density at radius 3 is 1.68 bits per heavy atom. The monoisotopic (exact) mass is 705 g/mol. The van der Waals surface area contributed by atoms with E-state index in [0.717, 1.165) is 35.5 Å². The van der Waals surface area contributed by atoms with Crippen molar-refractivity contribution in [2.75, 3.05) is 17.2 Å². The van der Waals surface area contributed by atoms with Gasteiger partial charge in [-0.05, 0) is 70.8 Å². The second kappa shape index (κ2) is 17.6. The zero-order valence-electron chi connectivity index (χ0n) is 29.4. The highest BCUT2D eigenvalue weighted by molar-refractivity contribution is 5.99. The number of carbonyl (C=O) groups excluding carboxylic acids is 1. The molecule has 0 saturated carbocycles. The van der Waals surface area contributed by atoms with Crippen LogP contribution >= 0.6 is 0 Å². The molecule has 1 fully saturated rings. The Morgan fingerprint density at radius 2 is 1.11 bits per heavy atom. The summed E-state index contributed by atoms with van der Waals surface area (Å²) in [5.74, 6) is 1.42. The molecule has 6 aromatic rings. The molecule has 8 nitrogen and oxygen atoms in total. The molecule has 7 rings (SSSR count). The van der Waals surface area contributed by atoms with Crippen molar-refractivity contribution in [1.82, 2.24) is 4.90 Å². The van der Waals surface area contributed by atoms with Crippen molar-refractivity contribution in [1.29, 1.82) is 0 Å². The first-order chi connectivity index (χ1) is 26.1. The van der Waals surface area contributed by atoms with Gasteiger partial charge >= 0.3 is 6.03 Å². The van der Waals surface area contributed by atoms with E-state index in [0.29, 0.717) is 30.1 Å². The van der Waals surface area contributed by atoms with Gasteiger partial charge in [0.2, 0.25) is 0 Å². The molecule has 53 heavy (non-hydrogen) atoms. The van der Waals surface area contributed by atoms with E-state index in [1.54, 1.807) is 12.1 Å². The molecule has 268 valence electrons. The van der Waals surface area contributed by atoms with E-state index in [9.17, 15) is 9.90 Å². The predicted octanol–water partition coefficient (Wildman–Crippen LogP) is 9.86. The molecule has 1 aliphatic heterocycles. The number of carbonyl (C=O) groups is 1. The average molecular weight is 706 g/mol. The fourth-order valence-corrected chi connectivity index (χ4v) is 6.44. The maximum Gasteiger partial charge on any atom is 0.323 e. The zero-order chi connectivity index (χ0) is 36.2. The fraction of sp³-hybridized carbons (Fsp3) is 0.178. The molecule has 1 heterocycles. The minimum absolute atomic E-state index is 0.0114. The molecule has 0 radical (unpaired) electrons. The summed E-state index contributed by atoms with van der Waals surface area (Å²) in [7, 11) is 0. The average Bonchev–Trinajstić information content (AvgIpc) is 3.20. The number of aliphatic hydroxyl groups is 1. The van der Waals surface area contributed by atoms with Crippen LogP contribution in [0.25, 0.3) is 0 Å². The highest BCUT2D eigenvalue weighted by Gasteiger charge is 2.33. The van der Waals surface area contributed by atoms with Gasteiger partial charge in [0.15, 0.2) is 6.29 Å². The van der Waals surface area contributed by atoms with Gasteiger partial charge in [-0.1, -0.05) is 115 Å². The molecule has 3 atom stereocenters. The smallest absolute Gasteiger partial charge is 0.323 e. The molecule has 1 saturated heterocycles. The van der Waals surface area contributed by atoms with Crippen LogP contribution < -0.4 is 15.4 Å². The first kappa shape index (κ1) is 35.6. The van der Waals surface area contributed by atoms with Crippen LogP contribution in [0.3, 0.4) is 0 Å². The van der Waals surface area contributed by atoms with Crippen LogP contribution in [0.15, 0.2) is 164 Å². The summed E-state index contributed by atoms with van der Waals surface area (Å²) < 4.78 is 19.2. The molecular formula is C45H43N3O5. The third-order valence-corrected chi connectivity index (χ3v) is 9.11. The van der Waals surface area contributed by atoms with E-state index in [2.05, 4.69) is 64.1 Å². The van der Waals surface area contributed by atoms with Gasteiger partial charge in [0, 0.05) is 43.0 Å². The Hall–Kier alpha value is -5.77. The lowest BCUT2D eigenvalue weighted by Crippen LogP contribution is -2.39. The number of benzene rings is 6. The lowest BCUT2D eigenvalue weighted by atomic mass is 9.99. The van der Waals surface area contributed by atoms with Crippen molar-refractivity contribution in [2.45, 2.75) is 44.6 Å². The molecule has 1 aliphatic rings. The summed E-state index contributed by atoms with van der Waals surface area (Å²) in [4.78, 5) is 15.3. The van der Waals surface area contributed by atoms with Crippen molar-refractivity contribution in [3.8, 4) is 11.5 Å². The third kappa shape index (κ3) is 10.2. The molecule has 2 amide bonds. The quantitative estimate of drug-likeness (QED) is 0.111. The third-order valence-electron chi connectivity index (χ3n) is 9.11. The molecule has 0 aromatic heterocycles. The number of amides is 2. The minimum atomic E-state index is -0.619. The Kier molecular flexibility index (Phi) is 11.9. The Balaban J connectivity index is 1.03. The van der Waals surface area contributed by atoms with Crippen LogP contribution in [0, 0.1) is 0 Å². The van der Waals surface area contributed by atoms with E-state index < -0.39 is 6.29 Å². The summed E-state index contributed by atoms with van der Waals surface area (Å²) in [6.07, 6.45) is -0.286. The summed E-state index contributed by atoms with van der Waals surface area (Å²) in [5, 5.41) is 15.4. The number of hydrogen-bond donors (Lipinski definition) is 3. The number of para-hydroxylation sites is 1. The topological polar surface area (TPSA) is 92.3 Å². The standard InChI is InChI=1S/C45H43N3O5/c49-32-35-16-18-36(19-17-35)43-28-42(31-48(29-33-10-4-1-5-11-33)30-34-12-6-2-7-13-34)52-44(53-43)37-20-22-38(23-21-37)46-45(50)47-39-24-26-41(27-25-39)51-40-14-8-3-9-15-40/h1-27,42-44,49H,28-32H2,(H2,46,47,50)/t42-,43+,44+/m0/s1. The molecule has 3 N–H and O–H groups in total. The summed E-state index contributed by atoms with van der Waals surface area (Å²) >= 11 is 0. The van der Waals surface area contributed by atoms with E-state index in [1.165, 1.54) is 11.1 Å². The van der Waals surface area contributed by atoms with E-state index >= 15 is 0 Å². The number of anilines is 2. The van der Waals surface area contributed by atoms with Crippen LogP contribution in [-0.4, -0.2) is 28.7 Å². The zero-order valence-corrected chi connectivity index (χ0v) is 29.4. The first-order valence-corrected chi connectivity index (χ1v) is 17.9. The van der Waals surface area contributed by atoms with Gasteiger partial charge in [-0.25, -0.2) is 4.79 Å². The van der Waals surface area contributed by atoms with E-state index in [1.807, 2.05) is 103 Å². The maximum absolute atomic E-state index is 12.9. The van der Waals surface area contributed by atoms with Crippen LogP contribution in [0.1, 0.15) is 46.6 Å². The van der Waals surface area contributed by atoms with Gasteiger partial charge in [0.25, 0.3) is 0 Å². The number of ether oxygens (including phenoxy) is 3. The molecule has 8 heteroatoms. The van der Waals surface area contributed by atoms with Crippen molar-refractivity contribution in [3.63, 3.8) is 0 Å². The summed E-state index contributed by atoms with van der Waals surface area (Å²) in [5.41, 5.74) is 6.50. The Bertz CT molecular complexity index is 1970. The predicted molar refractivity (Wildman–Crippen MR) is 207 cm³/mol. The molecule has 0 bridgehead atoms. The Labute approximate surface area is 310 Å². The first-order valence-electron chi connectivity index (χ1n) is 17.9. The van der Waals surface area contributed by atoms with Gasteiger partial charge in [-0.15, -0.1) is 0 Å². The van der Waals surface area contributed by atoms with Crippen molar-refractivity contribution in [3.05, 3.63) is 192 Å². The van der Waals surface area contributed by atoms with Gasteiger partial charge in [0.1, 0.15) is 11.5 Å². The lowest BCUT2D eigenvalue weighted by Gasteiger charge is -2.38. The van der Waals surface area contributed by atoms with Gasteiger partial charge in [-0.2, -0.15) is 0 Å². The summed E-state index contributed by atoms with van der Waals surface area (Å²) in [6.45, 7) is 2.26. The number of aliphatic hydroxyl groups excluding tert-OH is 1.